The Bertz CT molecular complexity index is 4620. The second-order valence-corrected chi connectivity index (χ2v) is 24.8. The van der Waals surface area contributed by atoms with Crippen LogP contribution in [0.5, 0.6) is 0 Å². The summed E-state index contributed by atoms with van der Waals surface area (Å²) in [5.74, 6) is -0.236. The van der Waals surface area contributed by atoms with E-state index in [9.17, 15) is 15.3 Å². The molecule has 4 heterocycles. The monoisotopic (exact) mass is 1100 g/mol. The lowest BCUT2D eigenvalue weighted by molar-refractivity contribution is 0.104. The van der Waals surface area contributed by atoms with Gasteiger partial charge in [-0.2, -0.15) is 10.5 Å². The predicted octanol–water partition coefficient (Wildman–Crippen LogP) is 17.2. The molecule has 7 nitrogen and oxygen atoms in total. The summed E-state index contributed by atoms with van der Waals surface area (Å²) in [6.07, 6.45) is 1.71. The van der Waals surface area contributed by atoms with Gasteiger partial charge >= 0.3 is 0 Å². The van der Waals surface area contributed by atoms with E-state index in [1.54, 1.807) is 46.9 Å². The molecule has 0 unspecified atom stereocenters. The first-order valence-corrected chi connectivity index (χ1v) is 29.5. The van der Waals surface area contributed by atoms with Crippen LogP contribution < -0.4 is 0 Å². The molecule has 15 rings (SSSR count). The standard InChI is InChI=1S/C69H42N6OS4/c1-37-9-19-44(20-10-37)68(45-21-11-38(2)12-22-45)55-29-41(62-74-65-64(79-62)72-36-77-65)17-27-48(55)52-31-58-53(32-57(52)68)49-28-18-42(30-56(49)69(58,46-23-13-39(3)14-24-46)47-25-15-40(4)16-26-47)63-75-67-66(80-63)73-59(78-67)33-54-60(43(34-70)35-71)50-7-5-6-8-51(50)61(54)76/h5-33,36H,1-4H3/b54-33-. The van der Waals surface area contributed by atoms with Crippen LogP contribution in [-0.4, -0.2) is 25.7 Å². The van der Waals surface area contributed by atoms with Gasteiger partial charge in [-0.1, -0.05) is 202 Å². The lowest BCUT2D eigenvalue weighted by Crippen LogP contribution is -2.30. The maximum Gasteiger partial charge on any atom is 0.194 e. The summed E-state index contributed by atoms with van der Waals surface area (Å²) in [6, 6.07) is 66.6. The van der Waals surface area contributed by atoms with E-state index in [4.69, 9.17) is 15.0 Å². The number of carbonyl (C=O) groups excluding carboxylic acids is 1. The molecule has 4 aromatic heterocycles. The van der Waals surface area contributed by atoms with Crippen LogP contribution in [-0.2, 0) is 10.8 Å². The van der Waals surface area contributed by atoms with Crippen molar-refractivity contribution in [3.8, 4) is 55.5 Å². The molecule has 0 atom stereocenters. The zero-order chi connectivity index (χ0) is 54.2. The van der Waals surface area contributed by atoms with Crippen molar-refractivity contribution < 1.29 is 4.79 Å². The van der Waals surface area contributed by atoms with Crippen molar-refractivity contribution in [1.82, 2.24) is 19.9 Å². The third-order valence-electron chi connectivity index (χ3n) is 16.4. The van der Waals surface area contributed by atoms with Gasteiger partial charge in [0.05, 0.1) is 16.3 Å². The highest BCUT2D eigenvalue weighted by molar-refractivity contribution is 7.28. The molecule has 3 aliphatic carbocycles. The number of ketones is 1. The van der Waals surface area contributed by atoms with Crippen molar-refractivity contribution in [2.45, 2.75) is 38.5 Å². The number of fused-ring (bicyclic) bond motifs is 9. The quantitative estimate of drug-likeness (QED) is 0.115. The third kappa shape index (κ3) is 6.95. The number of Topliss-reactive ketones (excluding diaryl/α,β-unsaturated/α-hetero) is 1. The molecule has 0 saturated carbocycles. The van der Waals surface area contributed by atoms with E-state index in [-0.39, 0.29) is 16.9 Å². The number of hydrogen-bond acceptors (Lipinski definition) is 11. The highest BCUT2D eigenvalue weighted by atomic mass is 32.1. The van der Waals surface area contributed by atoms with Gasteiger partial charge in [-0.15, -0.1) is 11.3 Å². The fourth-order valence-electron chi connectivity index (χ4n) is 12.7. The SMILES string of the molecule is Cc1ccc(C2(c3ccc(C)cc3)c3cc(-c4nc5scnc5s4)ccc3-c3cc4c(cc32)-c2ccc(-c3nc5sc(/C=C6\C(=O)c7ccccc7C6=C(C#N)C#N)nc5s3)cc2C4(c2ccc(C)cc2)c2ccc(C)cc2)cc1. The first-order chi connectivity index (χ1) is 39.0. The molecule has 80 heavy (non-hydrogen) atoms. The highest BCUT2D eigenvalue weighted by Gasteiger charge is 2.52. The van der Waals surface area contributed by atoms with E-state index < -0.39 is 10.8 Å². The Morgan fingerprint density at radius 1 is 0.463 bits per heavy atom. The minimum atomic E-state index is -0.746. The molecule has 0 fully saturated rings. The minimum Gasteiger partial charge on any atom is -0.289 e. The second kappa shape index (κ2) is 18.0. The lowest BCUT2D eigenvalue weighted by Gasteiger charge is -2.36. The number of nitriles is 2. The molecule has 3 aliphatic rings. The second-order valence-electron chi connectivity index (χ2n) is 21.0. The normalized spacial score (nSPS) is 14.7. The Hall–Kier alpha value is -9.07. The maximum absolute atomic E-state index is 13.8. The molecular formula is C69H42N6OS4. The summed E-state index contributed by atoms with van der Waals surface area (Å²) in [5, 5.41) is 22.3. The number of hydrogen-bond donors (Lipinski definition) is 0. The maximum atomic E-state index is 13.8. The average Bonchev–Trinajstić information content (AvgIpc) is 2.55. The van der Waals surface area contributed by atoms with Crippen molar-refractivity contribution in [1.29, 1.82) is 10.5 Å². The fraction of sp³-hybridized carbons (Fsp3) is 0.0870. The zero-order valence-electron chi connectivity index (χ0n) is 43.5. The molecule has 0 spiro atoms. The number of rotatable bonds is 7. The first-order valence-electron chi connectivity index (χ1n) is 26.2. The molecule has 8 aromatic carbocycles. The molecule has 0 aliphatic heterocycles. The Morgan fingerprint density at radius 3 is 1.36 bits per heavy atom. The Kier molecular flexibility index (Phi) is 10.8. The van der Waals surface area contributed by atoms with Gasteiger partial charge in [-0.3, -0.25) is 4.79 Å². The van der Waals surface area contributed by atoms with Crippen LogP contribution in [0, 0.1) is 50.4 Å². The van der Waals surface area contributed by atoms with Gasteiger partial charge in [0.1, 0.15) is 32.7 Å². The number of nitrogens with zero attached hydrogens (tertiary/aromatic N) is 6. The molecule has 0 amide bonds. The number of allylic oxidation sites excluding steroid dienone is 3. The van der Waals surface area contributed by atoms with Gasteiger partial charge in [0.2, 0.25) is 0 Å². The summed E-state index contributed by atoms with van der Waals surface area (Å²) in [4.78, 5) is 37.3. The van der Waals surface area contributed by atoms with Crippen molar-refractivity contribution >= 4 is 82.1 Å². The van der Waals surface area contributed by atoms with Gasteiger partial charge in [-0.05, 0) is 130 Å². The Balaban J connectivity index is 0.957. The number of aromatic nitrogens is 4. The molecule has 0 radical (unpaired) electrons. The van der Waals surface area contributed by atoms with Crippen LogP contribution in [0.25, 0.3) is 74.4 Å². The molecule has 11 heteroatoms. The van der Waals surface area contributed by atoms with Crippen LogP contribution in [0.2, 0.25) is 0 Å². The van der Waals surface area contributed by atoms with E-state index in [2.05, 4.69) is 178 Å². The number of thiazole rings is 4. The van der Waals surface area contributed by atoms with E-state index in [0.29, 0.717) is 21.7 Å². The van der Waals surface area contributed by atoms with Crippen LogP contribution in [0.4, 0.5) is 0 Å². The third-order valence-corrected chi connectivity index (χ3v) is 20.3. The van der Waals surface area contributed by atoms with E-state index >= 15 is 0 Å². The van der Waals surface area contributed by atoms with Crippen LogP contribution in [0.3, 0.4) is 0 Å². The number of carbonyl (C=O) groups is 1. The van der Waals surface area contributed by atoms with Crippen molar-refractivity contribution in [3.05, 3.63) is 269 Å². The minimum absolute atomic E-state index is 0.107. The smallest absolute Gasteiger partial charge is 0.194 e. The van der Waals surface area contributed by atoms with E-state index in [1.807, 2.05) is 23.7 Å². The largest absolute Gasteiger partial charge is 0.289 e. The molecule has 12 aromatic rings. The van der Waals surface area contributed by atoms with Crippen LogP contribution in [0.1, 0.15) is 87.7 Å². The molecule has 0 saturated heterocycles. The molecular weight excluding hydrogens is 1060 g/mol. The summed E-state index contributed by atoms with van der Waals surface area (Å²) >= 11 is 6.13. The fourth-order valence-corrected chi connectivity index (χ4v) is 16.5. The molecule has 0 bridgehead atoms. The lowest BCUT2D eigenvalue weighted by atomic mass is 9.65. The van der Waals surface area contributed by atoms with Gasteiger partial charge in [0, 0.05) is 27.8 Å². The zero-order valence-corrected chi connectivity index (χ0v) is 46.8. The van der Waals surface area contributed by atoms with Crippen molar-refractivity contribution in [2.75, 3.05) is 0 Å². The number of benzene rings is 8. The van der Waals surface area contributed by atoms with Gasteiger partial charge in [-0.25, -0.2) is 19.9 Å². The Labute approximate surface area is 477 Å². The highest BCUT2D eigenvalue weighted by Crippen LogP contribution is 2.63. The van der Waals surface area contributed by atoms with Crippen LogP contribution >= 0.6 is 45.3 Å². The number of aryl methyl sites for hydroxylation is 4. The summed E-state index contributed by atoms with van der Waals surface area (Å²) < 4.78 is 0. The summed E-state index contributed by atoms with van der Waals surface area (Å²) in [7, 11) is 0. The van der Waals surface area contributed by atoms with E-state index in [0.717, 1.165) is 46.0 Å². The van der Waals surface area contributed by atoms with Gasteiger partial charge < -0.3 is 0 Å². The van der Waals surface area contributed by atoms with Crippen molar-refractivity contribution in [2.24, 2.45) is 0 Å². The Morgan fingerprint density at radius 2 is 0.900 bits per heavy atom. The topological polar surface area (TPSA) is 116 Å². The summed E-state index contributed by atoms with van der Waals surface area (Å²) in [6.45, 7) is 8.61. The van der Waals surface area contributed by atoms with Gasteiger partial charge in [0.15, 0.2) is 25.1 Å². The molecule has 378 valence electrons. The van der Waals surface area contributed by atoms with E-state index in [1.165, 1.54) is 106 Å². The van der Waals surface area contributed by atoms with Crippen molar-refractivity contribution in [3.63, 3.8) is 0 Å². The average molecular weight is 1100 g/mol. The van der Waals surface area contributed by atoms with Crippen LogP contribution in [0.15, 0.2) is 187 Å². The molecule has 0 N–H and O–H groups in total. The first kappa shape index (κ1) is 48.1. The summed E-state index contributed by atoms with van der Waals surface area (Å²) in [5.41, 5.74) is 23.2. The predicted molar refractivity (Wildman–Crippen MR) is 325 cm³/mol. The van der Waals surface area contributed by atoms with Gasteiger partial charge in [0.25, 0.3) is 0 Å².